The highest BCUT2D eigenvalue weighted by molar-refractivity contribution is 5.85. The third kappa shape index (κ3) is 2.38. The van der Waals surface area contributed by atoms with Crippen LogP contribution >= 0.6 is 12.4 Å². The lowest BCUT2D eigenvalue weighted by Gasteiger charge is -2.02. The van der Waals surface area contributed by atoms with Gasteiger partial charge in [0.1, 0.15) is 11.8 Å². The molecule has 7 nitrogen and oxygen atoms in total. The van der Waals surface area contributed by atoms with Gasteiger partial charge in [0.05, 0.1) is 6.33 Å². The molecular weight excluding hydrogens is 232 g/mol. The van der Waals surface area contributed by atoms with E-state index in [0.717, 1.165) is 18.6 Å². The van der Waals surface area contributed by atoms with Crippen LogP contribution in [0.1, 0.15) is 6.42 Å². The zero-order valence-corrected chi connectivity index (χ0v) is 9.31. The highest BCUT2D eigenvalue weighted by atomic mass is 35.5. The number of halogens is 1. The standard InChI is InChI=1S/C8H12N6O.ClH/c9-7-6-8(11-4-10-7)14(5-12-6)3-1-2-13-15;/h4-5,13,15H,1-3H2,(H2,9,10,11);1H. The molecule has 0 aliphatic heterocycles. The van der Waals surface area contributed by atoms with Gasteiger partial charge in [-0.1, -0.05) is 0 Å². The molecule has 0 atom stereocenters. The Morgan fingerprint density at radius 2 is 2.19 bits per heavy atom. The smallest absolute Gasteiger partial charge is 0.165 e. The molecule has 2 aromatic heterocycles. The lowest BCUT2D eigenvalue weighted by Crippen LogP contribution is -2.11. The van der Waals surface area contributed by atoms with Crippen LogP contribution in [-0.4, -0.2) is 31.3 Å². The summed E-state index contributed by atoms with van der Waals surface area (Å²) in [5.41, 5.74) is 9.09. The third-order valence-corrected chi connectivity index (χ3v) is 2.12. The van der Waals surface area contributed by atoms with E-state index in [-0.39, 0.29) is 12.4 Å². The van der Waals surface area contributed by atoms with Gasteiger partial charge in [0.15, 0.2) is 11.5 Å². The second-order valence-electron chi connectivity index (χ2n) is 3.13. The SMILES string of the molecule is Cl.Nc1ncnc2c1ncn2CCCNO. The molecule has 0 fully saturated rings. The van der Waals surface area contributed by atoms with Gasteiger partial charge in [-0.15, -0.1) is 12.4 Å². The van der Waals surface area contributed by atoms with Crippen molar-refractivity contribution in [3.63, 3.8) is 0 Å². The fraction of sp³-hybridized carbons (Fsp3) is 0.375. The number of nitrogens with zero attached hydrogens (tertiary/aromatic N) is 4. The molecule has 8 heteroatoms. The number of hydrogen-bond acceptors (Lipinski definition) is 6. The minimum absolute atomic E-state index is 0. The first kappa shape index (κ1) is 12.6. The Labute approximate surface area is 98.1 Å². The minimum Gasteiger partial charge on any atom is -0.382 e. The molecule has 0 radical (unpaired) electrons. The number of aromatic nitrogens is 4. The van der Waals surface area contributed by atoms with E-state index in [1.54, 1.807) is 6.33 Å². The van der Waals surface area contributed by atoms with E-state index in [2.05, 4.69) is 20.4 Å². The molecule has 88 valence electrons. The summed E-state index contributed by atoms with van der Waals surface area (Å²) in [4.78, 5) is 12.1. The Morgan fingerprint density at radius 1 is 1.38 bits per heavy atom. The van der Waals surface area contributed by atoms with E-state index in [1.807, 2.05) is 4.57 Å². The molecule has 0 amide bonds. The fourth-order valence-corrected chi connectivity index (χ4v) is 1.39. The van der Waals surface area contributed by atoms with E-state index in [9.17, 15) is 0 Å². The van der Waals surface area contributed by atoms with E-state index >= 15 is 0 Å². The van der Waals surface area contributed by atoms with Crippen LogP contribution in [0.3, 0.4) is 0 Å². The topological polar surface area (TPSA) is 102 Å². The highest BCUT2D eigenvalue weighted by Crippen LogP contribution is 2.13. The number of nitrogens with one attached hydrogen (secondary N) is 1. The van der Waals surface area contributed by atoms with Gasteiger partial charge in [0.2, 0.25) is 0 Å². The van der Waals surface area contributed by atoms with Crippen LogP contribution < -0.4 is 11.2 Å². The first-order valence-electron chi connectivity index (χ1n) is 4.61. The Bertz CT molecular complexity index is 459. The molecule has 0 aromatic carbocycles. The van der Waals surface area contributed by atoms with Crippen LogP contribution in [0.15, 0.2) is 12.7 Å². The molecule has 0 aliphatic carbocycles. The fourth-order valence-electron chi connectivity index (χ4n) is 1.39. The maximum absolute atomic E-state index is 8.43. The molecule has 0 aliphatic rings. The molecule has 2 aromatic rings. The number of nitrogen functional groups attached to an aromatic ring is 1. The van der Waals surface area contributed by atoms with Crippen LogP contribution in [0.5, 0.6) is 0 Å². The molecule has 0 bridgehead atoms. The predicted octanol–water partition coefficient (Wildman–Crippen LogP) is 0.199. The van der Waals surface area contributed by atoms with Crippen molar-refractivity contribution in [2.75, 3.05) is 12.3 Å². The van der Waals surface area contributed by atoms with Gasteiger partial charge in [0.25, 0.3) is 0 Å². The normalized spacial score (nSPS) is 10.3. The molecule has 0 saturated heterocycles. The number of anilines is 1. The molecular formula is C8H13ClN6O. The quantitative estimate of drug-likeness (QED) is 0.525. The number of rotatable bonds is 4. The predicted molar refractivity (Wildman–Crippen MR) is 61.4 cm³/mol. The number of imidazole rings is 1. The number of hydroxylamine groups is 1. The summed E-state index contributed by atoms with van der Waals surface area (Å²) in [5.74, 6) is 0.388. The average molecular weight is 245 g/mol. The summed E-state index contributed by atoms with van der Waals surface area (Å²) in [6, 6.07) is 0. The number of hydrogen-bond donors (Lipinski definition) is 3. The Balaban J connectivity index is 0.00000128. The van der Waals surface area contributed by atoms with Crippen molar-refractivity contribution in [1.29, 1.82) is 0 Å². The van der Waals surface area contributed by atoms with Gasteiger partial charge in [-0.2, -0.15) is 0 Å². The van der Waals surface area contributed by atoms with Gasteiger partial charge in [-0.3, -0.25) is 0 Å². The second kappa shape index (κ2) is 5.59. The highest BCUT2D eigenvalue weighted by Gasteiger charge is 2.06. The van der Waals surface area contributed by atoms with Crippen molar-refractivity contribution in [1.82, 2.24) is 25.0 Å². The van der Waals surface area contributed by atoms with E-state index in [1.165, 1.54) is 6.33 Å². The van der Waals surface area contributed by atoms with Gasteiger partial charge in [-0.25, -0.2) is 20.4 Å². The molecule has 16 heavy (non-hydrogen) atoms. The molecule has 0 spiro atoms. The molecule has 2 heterocycles. The van der Waals surface area contributed by atoms with Gasteiger partial charge in [0, 0.05) is 13.1 Å². The maximum Gasteiger partial charge on any atom is 0.165 e. The minimum atomic E-state index is 0. The lowest BCUT2D eigenvalue weighted by molar-refractivity contribution is 0.164. The van der Waals surface area contributed by atoms with Crippen molar-refractivity contribution in [3.8, 4) is 0 Å². The van der Waals surface area contributed by atoms with Crippen molar-refractivity contribution < 1.29 is 5.21 Å². The zero-order valence-electron chi connectivity index (χ0n) is 8.50. The van der Waals surface area contributed by atoms with Crippen molar-refractivity contribution in [2.45, 2.75) is 13.0 Å². The van der Waals surface area contributed by atoms with Crippen molar-refractivity contribution in [2.24, 2.45) is 0 Å². The van der Waals surface area contributed by atoms with Gasteiger partial charge >= 0.3 is 0 Å². The van der Waals surface area contributed by atoms with Crippen LogP contribution in [0.25, 0.3) is 11.2 Å². The Hall–Kier alpha value is -1.44. The average Bonchev–Trinajstić information content (AvgIpc) is 2.64. The van der Waals surface area contributed by atoms with Crippen LogP contribution in [0.2, 0.25) is 0 Å². The Morgan fingerprint density at radius 3 is 2.94 bits per heavy atom. The van der Waals surface area contributed by atoms with Gasteiger partial charge in [-0.05, 0) is 6.42 Å². The zero-order chi connectivity index (χ0) is 10.7. The number of nitrogens with two attached hydrogens (primary N) is 1. The summed E-state index contributed by atoms with van der Waals surface area (Å²) in [5, 5.41) is 8.43. The molecule has 4 N–H and O–H groups in total. The number of fused-ring (bicyclic) bond motifs is 1. The largest absolute Gasteiger partial charge is 0.382 e. The van der Waals surface area contributed by atoms with Crippen LogP contribution in [0.4, 0.5) is 5.82 Å². The van der Waals surface area contributed by atoms with E-state index in [0.29, 0.717) is 17.9 Å². The van der Waals surface area contributed by atoms with Crippen molar-refractivity contribution in [3.05, 3.63) is 12.7 Å². The summed E-state index contributed by atoms with van der Waals surface area (Å²) in [7, 11) is 0. The lowest BCUT2D eigenvalue weighted by atomic mass is 10.4. The van der Waals surface area contributed by atoms with Gasteiger partial charge < -0.3 is 15.5 Å². The third-order valence-electron chi connectivity index (χ3n) is 2.12. The van der Waals surface area contributed by atoms with Crippen molar-refractivity contribution >= 4 is 29.4 Å². The monoisotopic (exact) mass is 244 g/mol. The first-order valence-corrected chi connectivity index (χ1v) is 4.61. The number of aryl methyl sites for hydroxylation is 1. The summed E-state index contributed by atoms with van der Waals surface area (Å²) in [6.45, 7) is 1.25. The van der Waals surface area contributed by atoms with Crippen LogP contribution in [0, 0.1) is 0 Å². The molecule has 2 rings (SSSR count). The first-order chi connectivity index (χ1) is 7.33. The molecule has 0 unspecified atom stereocenters. The second-order valence-corrected chi connectivity index (χ2v) is 3.13. The summed E-state index contributed by atoms with van der Waals surface area (Å²) >= 11 is 0. The van der Waals surface area contributed by atoms with E-state index in [4.69, 9.17) is 10.9 Å². The molecule has 0 saturated carbocycles. The Kier molecular flexibility index (Phi) is 4.41. The van der Waals surface area contributed by atoms with E-state index < -0.39 is 0 Å². The summed E-state index contributed by atoms with van der Waals surface area (Å²) < 4.78 is 1.88. The maximum atomic E-state index is 8.43. The van der Waals surface area contributed by atoms with Crippen LogP contribution in [-0.2, 0) is 6.54 Å². The summed E-state index contributed by atoms with van der Waals surface area (Å²) in [6.07, 6.45) is 3.87.